The highest BCUT2D eigenvalue weighted by Gasteiger charge is 2.66. The van der Waals surface area contributed by atoms with Gasteiger partial charge in [0.15, 0.2) is 13.9 Å². The fourth-order valence-electron chi connectivity index (χ4n) is 7.18. The fraction of sp³-hybridized carbons (Fsp3) is 0.548. The Hall–Kier alpha value is -2.72. The second-order valence-electron chi connectivity index (χ2n) is 12.0. The molecule has 0 bridgehead atoms. The van der Waals surface area contributed by atoms with E-state index < -0.39 is 20.0 Å². The molecule has 3 aliphatic heterocycles. The van der Waals surface area contributed by atoms with Crippen molar-refractivity contribution in [3.05, 3.63) is 53.6 Å². The van der Waals surface area contributed by atoms with Crippen LogP contribution in [0.15, 0.2) is 42.5 Å². The van der Waals surface area contributed by atoms with Crippen molar-refractivity contribution in [3.63, 3.8) is 0 Å². The summed E-state index contributed by atoms with van der Waals surface area (Å²) >= 11 is 0. The number of rotatable bonds is 7. The summed E-state index contributed by atoms with van der Waals surface area (Å²) in [7, 11) is -1.17. The molecule has 40 heavy (non-hydrogen) atoms. The predicted octanol–water partition coefficient (Wildman–Crippen LogP) is 4.72. The van der Waals surface area contributed by atoms with Gasteiger partial charge in [-0.1, -0.05) is 31.9 Å². The molecule has 1 spiro atoms. The molecular formula is C31H42N2O6Si. The zero-order valence-electron chi connectivity index (χ0n) is 24.1. The van der Waals surface area contributed by atoms with Crippen molar-refractivity contribution in [2.24, 2.45) is 5.92 Å². The van der Waals surface area contributed by atoms with Crippen LogP contribution in [0, 0.1) is 5.92 Å². The van der Waals surface area contributed by atoms with Gasteiger partial charge < -0.3 is 29.2 Å². The van der Waals surface area contributed by atoms with E-state index in [0.717, 1.165) is 48.2 Å². The Bertz CT molecular complexity index is 1260. The Morgan fingerprint density at radius 2 is 1.88 bits per heavy atom. The number of amides is 2. The SMILES string of the molecule is COc1ccc2c(c1)[C@]1(O[C@@H](CCO)[C@H]([Si](C)(C)O)[C@H]1C)C(=O)N2Cc1cccc(N2CCCCCCC2=O)c1. The number of benzene rings is 2. The number of carbonyl (C=O) groups excluding carboxylic acids is 2. The number of nitrogens with zero attached hydrogens (tertiary/aromatic N) is 2. The third-order valence-corrected chi connectivity index (χ3v) is 11.5. The topological polar surface area (TPSA) is 99.5 Å². The molecule has 0 saturated carbocycles. The van der Waals surface area contributed by atoms with E-state index in [-0.39, 0.29) is 29.9 Å². The number of hydrogen-bond donors (Lipinski definition) is 2. The van der Waals surface area contributed by atoms with Crippen LogP contribution in [0.4, 0.5) is 11.4 Å². The molecule has 3 heterocycles. The standard InChI is InChI=1S/C31H42N2O6Si/c1-21-29(40(3,4)37)27(15-17-34)39-31(21)25-19-24(38-2)13-14-26(25)33(30(31)36)20-22-10-9-11-23(18-22)32-16-8-6-5-7-12-28(32)35/h9-11,13-14,18-19,21,27,29,34,37H,5-8,12,15-17,20H2,1-4H3/t21-,27+,29-,31+/m1/s1. The zero-order valence-corrected chi connectivity index (χ0v) is 25.1. The van der Waals surface area contributed by atoms with Crippen LogP contribution in [0.25, 0.3) is 0 Å². The summed E-state index contributed by atoms with van der Waals surface area (Å²) in [6.45, 7) is 6.69. The first-order chi connectivity index (χ1) is 19.1. The molecule has 0 aromatic heterocycles. The molecule has 0 radical (unpaired) electrons. The van der Waals surface area contributed by atoms with E-state index in [2.05, 4.69) is 0 Å². The quantitative estimate of drug-likeness (QED) is 0.471. The lowest BCUT2D eigenvalue weighted by atomic mass is 9.82. The summed E-state index contributed by atoms with van der Waals surface area (Å²) in [4.78, 5) is 42.3. The summed E-state index contributed by atoms with van der Waals surface area (Å²) in [6.07, 6.45) is 4.60. The van der Waals surface area contributed by atoms with Gasteiger partial charge in [-0.25, -0.2) is 0 Å². The molecule has 2 N–H and O–H groups in total. The minimum absolute atomic E-state index is 0.0840. The van der Waals surface area contributed by atoms with E-state index in [4.69, 9.17) is 9.47 Å². The Balaban J connectivity index is 1.53. The lowest BCUT2D eigenvalue weighted by molar-refractivity contribution is -0.146. The molecule has 2 saturated heterocycles. The maximum absolute atomic E-state index is 14.5. The summed E-state index contributed by atoms with van der Waals surface area (Å²) in [6, 6.07) is 13.5. The average Bonchev–Trinajstić information content (AvgIpc) is 3.33. The van der Waals surface area contributed by atoms with Gasteiger partial charge >= 0.3 is 0 Å². The van der Waals surface area contributed by atoms with Crippen LogP contribution in [0.1, 0.15) is 56.6 Å². The highest BCUT2D eigenvalue weighted by molar-refractivity contribution is 6.71. The monoisotopic (exact) mass is 566 g/mol. The largest absolute Gasteiger partial charge is 0.497 e. The number of fused-ring (bicyclic) bond motifs is 2. The van der Waals surface area contributed by atoms with Crippen LogP contribution in [0.5, 0.6) is 5.75 Å². The molecule has 2 fully saturated rings. The molecule has 2 amide bonds. The highest BCUT2D eigenvalue weighted by atomic mass is 28.4. The van der Waals surface area contributed by atoms with Gasteiger partial charge in [-0.15, -0.1) is 0 Å². The first-order valence-electron chi connectivity index (χ1n) is 14.5. The van der Waals surface area contributed by atoms with Crippen LogP contribution < -0.4 is 14.5 Å². The number of aliphatic hydroxyl groups excluding tert-OH is 1. The summed E-state index contributed by atoms with van der Waals surface area (Å²) in [5.41, 5.74) is 1.77. The maximum Gasteiger partial charge on any atom is 0.264 e. The molecule has 216 valence electrons. The van der Waals surface area contributed by atoms with Gasteiger partial charge in [-0.3, -0.25) is 9.59 Å². The van der Waals surface area contributed by atoms with Crippen LogP contribution >= 0.6 is 0 Å². The van der Waals surface area contributed by atoms with Crippen molar-refractivity contribution in [3.8, 4) is 5.75 Å². The average molecular weight is 567 g/mol. The molecule has 4 atom stereocenters. The van der Waals surface area contributed by atoms with Crippen LogP contribution in [-0.4, -0.2) is 56.4 Å². The van der Waals surface area contributed by atoms with Gasteiger partial charge in [-0.2, -0.15) is 0 Å². The number of aliphatic hydroxyl groups is 1. The van der Waals surface area contributed by atoms with E-state index in [0.29, 0.717) is 31.7 Å². The second-order valence-corrected chi connectivity index (χ2v) is 16.0. The molecule has 2 aromatic carbocycles. The molecular weight excluding hydrogens is 524 g/mol. The summed E-state index contributed by atoms with van der Waals surface area (Å²) in [5.74, 6) is 0.308. The first kappa shape index (κ1) is 28.8. The molecule has 3 aliphatic rings. The number of anilines is 2. The third kappa shape index (κ3) is 4.97. The number of hydrogen-bond acceptors (Lipinski definition) is 6. The van der Waals surface area contributed by atoms with Crippen LogP contribution in [-0.2, 0) is 26.5 Å². The van der Waals surface area contributed by atoms with Crippen LogP contribution in [0.2, 0.25) is 18.6 Å². The van der Waals surface area contributed by atoms with E-state index in [9.17, 15) is 19.5 Å². The normalized spacial score (nSPS) is 27.2. The Kier molecular flexibility index (Phi) is 8.12. The Morgan fingerprint density at radius 3 is 2.60 bits per heavy atom. The van der Waals surface area contributed by atoms with Crippen molar-refractivity contribution >= 4 is 31.5 Å². The smallest absolute Gasteiger partial charge is 0.264 e. The van der Waals surface area contributed by atoms with Gasteiger partial charge in [-0.05, 0) is 68.3 Å². The molecule has 2 aromatic rings. The van der Waals surface area contributed by atoms with E-state index in [1.54, 1.807) is 12.0 Å². The summed E-state index contributed by atoms with van der Waals surface area (Å²) < 4.78 is 12.2. The number of carbonyl (C=O) groups is 2. The van der Waals surface area contributed by atoms with Crippen molar-refractivity contribution in [2.45, 2.75) is 82.3 Å². The van der Waals surface area contributed by atoms with Crippen molar-refractivity contribution < 1.29 is 29.0 Å². The lowest BCUT2D eigenvalue weighted by Crippen LogP contribution is -2.46. The second kappa shape index (κ2) is 11.3. The fourth-order valence-corrected chi connectivity index (χ4v) is 9.78. The Morgan fingerprint density at radius 1 is 1.10 bits per heavy atom. The van der Waals surface area contributed by atoms with Gasteiger partial charge in [0.25, 0.3) is 5.91 Å². The molecule has 9 heteroatoms. The van der Waals surface area contributed by atoms with Gasteiger partial charge in [0.05, 0.1) is 25.4 Å². The van der Waals surface area contributed by atoms with Crippen molar-refractivity contribution in [1.29, 1.82) is 0 Å². The lowest BCUT2D eigenvalue weighted by Gasteiger charge is -2.32. The maximum atomic E-state index is 14.5. The first-order valence-corrected chi connectivity index (χ1v) is 17.5. The van der Waals surface area contributed by atoms with Gasteiger partial charge in [0.1, 0.15) is 5.75 Å². The third-order valence-electron chi connectivity index (χ3n) is 8.99. The minimum Gasteiger partial charge on any atom is -0.497 e. The van der Waals surface area contributed by atoms with Crippen molar-refractivity contribution in [2.75, 3.05) is 30.1 Å². The van der Waals surface area contributed by atoms with Gasteiger partial charge in [0, 0.05) is 42.3 Å². The predicted molar refractivity (Wildman–Crippen MR) is 157 cm³/mol. The van der Waals surface area contributed by atoms with E-state index >= 15 is 0 Å². The number of methoxy groups -OCH3 is 1. The molecule has 0 aliphatic carbocycles. The van der Waals surface area contributed by atoms with Crippen molar-refractivity contribution in [1.82, 2.24) is 0 Å². The number of ether oxygens (including phenoxy) is 2. The van der Waals surface area contributed by atoms with Gasteiger partial charge in [0.2, 0.25) is 5.91 Å². The molecule has 5 rings (SSSR count). The molecule has 0 unspecified atom stereocenters. The zero-order chi connectivity index (χ0) is 28.7. The van der Waals surface area contributed by atoms with E-state index in [1.807, 2.05) is 67.4 Å². The Labute approximate surface area is 238 Å². The van der Waals surface area contributed by atoms with E-state index in [1.165, 1.54) is 0 Å². The summed E-state index contributed by atoms with van der Waals surface area (Å²) in [5, 5.41) is 9.81. The van der Waals surface area contributed by atoms with Crippen LogP contribution in [0.3, 0.4) is 0 Å². The minimum atomic E-state index is -2.77. The molecule has 8 nitrogen and oxygen atoms in total. The highest BCUT2D eigenvalue weighted by Crippen LogP contribution is 2.60.